The molecule has 21 heavy (non-hydrogen) atoms. The van der Waals surface area contributed by atoms with Crippen LogP contribution >= 0.6 is 23.2 Å². The maximum absolute atomic E-state index is 10.9. The van der Waals surface area contributed by atoms with Crippen LogP contribution in [0.5, 0.6) is 0 Å². The summed E-state index contributed by atoms with van der Waals surface area (Å²) < 4.78 is 0. The molecule has 0 saturated carbocycles. The topological polar surface area (TPSA) is 67.2 Å². The first kappa shape index (κ1) is 15.5. The second kappa shape index (κ2) is 6.70. The van der Waals surface area contributed by atoms with Crippen LogP contribution in [0.1, 0.15) is 12.5 Å². The van der Waals surface area contributed by atoms with Crippen LogP contribution in [0.25, 0.3) is 0 Å². The summed E-state index contributed by atoms with van der Waals surface area (Å²) >= 11 is 12.0. The van der Waals surface area contributed by atoms with Crippen molar-refractivity contribution in [2.24, 2.45) is 0 Å². The van der Waals surface area contributed by atoms with Gasteiger partial charge in [0.1, 0.15) is 0 Å². The van der Waals surface area contributed by atoms with Crippen LogP contribution < -0.4 is 16.4 Å². The van der Waals surface area contributed by atoms with Crippen LogP contribution in [0.15, 0.2) is 36.4 Å². The van der Waals surface area contributed by atoms with E-state index in [0.717, 1.165) is 16.9 Å². The summed E-state index contributed by atoms with van der Waals surface area (Å²) in [6.45, 7) is 2.08. The number of nitrogen functional groups attached to an aromatic ring is 1. The fourth-order valence-electron chi connectivity index (χ4n) is 1.80. The molecular weight excluding hydrogens is 309 g/mol. The van der Waals surface area contributed by atoms with Crippen molar-refractivity contribution in [3.63, 3.8) is 0 Å². The van der Waals surface area contributed by atoms with Gasteiger partial charge < -0.3 is 16.4 Å². The largest absolute Gasteiger partial charge is 0.396 e. The molecule has 0 fully saturated rings. The van der Waals surface area contributed by atoms with E-state index in [9.17, 15) is 4.79 Å². The Balaban J connectivity index is 2.01. The molecule has 0 radical (unpaired) electrons. The smallest absolute Gasteiger partial charge is 0.221 e. The summed E-state index contributed by atoms with van der Waals surface area (Å²) in [5.74, 6) is -0.0907. The molecule has 0 saturated heterocycles. The minimum atomic E-state index is -0.0907. The Morgan fingerprint density at radius 1 is 1.10 bits per heavy atom. The molecule has 4 N–H and O–H groups in total. The highest BCUT2D eigenvalue weighted by atomic mass is 35.5. The number of hydrogen-bond donors (Lipinski definition) is 3. The number of benzene rings is 2. The molecular formula is C15H15Cl2N3O. The third kappa shape index (κ3) is 4.28. The van der Waals surface area contributed by atoms with E-state index in [-0.39, 0.29) is 5.91 Å². The molecule has 2 aromatic carbocycles. The lowest BCUT2D eigenvalue weighted by Gasteiger charge is -2.10. The molecule has 2 aromatic rings. The van der Waals surface area contributed by atoms with Gasteiger partial charge in [0.15, 0.2) is 0 Å². The van der Waals surface area contributed by atoms with Crippen molar-refractivity contribution in [2.75, 3.05) is 16.4 Å². The summed E-state index contributed by atoms with van der Waals surface area (Å²) in [7, 11) is 0. The van der Waals surface area contributed by atoms with E-state index in [2.05, 4.69) is 10.6 Å². The summed E-state index contributed by atoms with van der Waals surface area (Å²) in [4.78, 5) is 10.9. The molecule has 0 aliphatic heterocycles. The van der Waals surface area contributed by atoms with Gasteiger partial charge in [-0.2, -0.15) is 0 Å². The maximum Gasteiger partial charge on any atom is 0.221 e. The van der Waals surface area contributed by atoms with Crippen LogP contribution in [-0.4, -0.2) is 5.91 Å². The summed E-state index contributed by atoms with van der Waals surface area (Å²) in [5.41, 5.74) is 8.69. The van der Waals surface area contributed by atoms with Gasteiger partial charge >= 0.3 is 0 Å². The molecule has 110 valence electrons. The number of amides is 1. The first-order chi connectivity index (χ1) is 9.95. The van der Waals surface area contributed by atoms with E-state index >= 15 is 0 Å². The highest BCUT2D eigenvalue weighted by Gasteiger charge is 2.04. The molecule has 0 aromatic heterocycles. The Morgan fingerprint density at radius 3 is 2.19 bits per heavy atom. The zero-order valence-electron chi connectivity index (χ0n) is 11.4. The molecule has 1 amide bonds. The van der Waals surface area contributed by atoms with Crippen LogP contribution in [0, 0.1) is 0 Å². The Kier molecular flexibility index (Phi) is 4.94. The molecule has 0 aliphatic rings. The highest BCUT2D eigenvalue weighted by molar-refractivity contribution is 6.39. The lowest BCUT2D eigenvalue weighted by molar-refractivity contribution is -0.114. The first-order valence-electron chi connectivity index (χ1n) is 6.30. The third-order valence-electron chi connectivity index (χ3n) is 2.85. The number of anilines is 3. The molecule has 4 nitrogen and oxygen atoms in total. The molecule has 0 atom stereocenters. The minimum absolute atomic E-state index is 0.0907. The monoisotopic (exact) mass is 323 g/mol. The quantitative estimate of drug-likeness (QED) is 0.740. The van der Waals surface area contributed by atoms with Crippen LogP contribution in [-0.2, 0) is 11.3 Å². The van der Waals surface area contributed by atoms with E-state index in [1.54, 1.807) is 12.1 Å². The van der Waals surface area contributed by atoms with Crippen LogP contribution in [0.2, 0.25) is 10.0 Å². The van der Waals surface area contributed by atoms with Gasteiger partial charge in [-0.1, -0.05) is 35.3 Å². The molecule has 0 aliphatic carbocycles. The number of nitrogens with one attached hydrogen (secondary N) is 2. The van der Waals surface area contributed by atoms with Crippen molar-refractivity contribution in [3.05, 3.63) is 52.0 Å². The van der Waals surface area contributed by atoms with Crippen LogP contribution in [0.3, 0.4) is 0 Å². The van der Waals surface area contributed by atoms with Gasteiger partial charge in [-0.25, -0.2) is 0 Å². The molecule has 0 unspecified atom stereocenters. The lowest BCUT2D eigenvalue weighted by Crippen LogP contribution is -2.06. The Morgan fingerprint density at radius 2 is 1.67 bits per heavy atom. The number of carbonyl (C=O) groups is 1. The van der Waals surface area contributed by atoms with Crippen molar-refractivity contribution in [2.45, 2.75) is 13.5 Å². The molecule has 2 rings (SSSR count). The lowest BCUT2D eigenvalue weighted by atomic mass is 10.2. The van der Waals surface area contributed by atoms with Gasteiger partial charge in [-0.05, 0) is 29.8 Å². The molecule has 6 heteroatoms. The van der Waals surface area contributed by atoms with Crippen molar-refractivity contribution in [1.82, 2.24) is 0 Å². The summed E-state index contributed by atoms with van der Waals surface area (Å²) in [6.07, 6.45) is 0. The van der Waals surface area contributed by atoms with Crippen molar-refractivity contribution < 1.29 is 4.79 Å². The maximum atomic E-state index is 10.9. The van der Waals surface area contributed by atoms with E-state index in [4.69, 9.17) is 28.9 Å². The Hall–Kier alpha value is -1.91. The zero-order valence-corrected chi connectivity index (χ0v) is 12.9. The number of rotatable bonds is 4. The standard InChI is InChI=1S/C15H15Cl2N3O/c1-9(21)20-11-4-2-10(3-5-11)8-19-12-6-13(16)15(18)14(17)7-12/h2-7,19H,8,18H2,1H3,(H,20,21). The van der Waals surface area contributed by atoms with Gasteiger partial charge in [-0.3, -0.25) is 4.79 Å². The zero-order chi connectivity index (χ0) is 15.4. The van der Waals surface area contributed by atoms with Crippen molar-refractivity contribution in [3.8, 4) is 0 Å². The van der Waals surface area contributed by atoms with E-state index in [1.165, 1.54) is 6.92 Å². The average molecular weight is 324 g/mol. The number of halogens is 2. The van der Waals surface area contributed by atoms with Crippen LogP contribution in [0.4, 0.5) is 17.1 Å². The number of carbonyl (C=O) groups excluding carboxylic acids is 1. The highest BCUT2D eigenvalue weighted by Crippen LogP contribution is 2.31. The first-order valence-corrected chi connectivity index (χ1v) is 7.06. The van der Waals surface area contributed by atoms with Gasteiger partial charge in [-0.15, -0.1) is 0 Å². The van der Waals surface area contributed by atoms with Crippen molar-refractivity contribution in [1.29, 1.82) is 0 Å². The second-order valence-corrected chi connectivity index (χ2v) is 5.40. The Labute approximate surface area is 133 Å². The molecule has 0 heterocycles. The fourth-order valence-corrected chi connectivity index (χ4v) is 2.29. The van der Waals surface area contributed by atoms with Gasteiger partial charge in [0.2, 0.25) is 5.91 Å². The normalized spacial score (nSPS) is 10.2. The Bertz CT molecular complexity index is 633. The average Bonchev–Trinajstić information content (AvgIpc) is 2.43. The number of hydrogen-bond acceptors (Lipinski definition) is 3. The van der Waals surface area contributed by atoms with Gasteiger partial charge in [0.05, 0.1) is 15.7 Å². The summed E-state index contributed by atoms with van der Waals surface area (Å²) in [6, 6.07) is 11.0. The predicted octanol–water partition coefficient (Wildman–Crippen LogP) is 4.15. The third-order valence-corrected chi connectivity index (χ3v) is 3.48. The molecule has 0 spiro atoms. The fraction of sp³-hybridized carbons (Fsp3) is 0.133. The predicted molar refractivity (Wildman–Crippen MR) is 88.9 cm³/mol. The van der Waals surface area contributed by atoms with Crippen molar-refractivity contribution >= 4 is 46.2 Å². The SMILES string of the molecule is CC(=O)Nc1ccc(CNc2cc(Cl)c(N)c(Cl)c2)cc1. The summed E-state index contributed by atoms with van der Waals surface area (Å²) in [5, 5.41) is 6.78. The van der Waals surface area contributed by atoms with E-state index in [0.29, 0.717) is 22.3 Å². The van der Waals surface area contributed by atoms with Gasteiger partial charge in [0, 0.05) is 24.8 Å². The minimum Gasteiger partial charge on any atom is -0.396 e. The number of nitrogens with two attached hydrogens (primary N) is 1. The van der Waals surface area contributed by atoms with E-state index in [1.807, 2.05) is 24.3 Å². The molecule has 0 bridgehead atoms. The van der Waals surface area contributed by atoms with E-state index < -0.39 is 0 Å². The second-order valence-electron chi connectivity index (χ2n) is 4.59. The van der Waals surface area contributed by atoms with Gasteiger partial charge in [0.25, 0.3) is 0 Å².